The Kier molecular flexibility index (Phi) is 4.30. The summed E-state index contributed by atoms with van der Waals surface area (Å²) in [5, 5.41) is 9.21. The molecule has 0 bridgehead atoms. The Morgan fingerprint density at radius 1 is 1.35 bits per heavy atom. The summed E-state index contributed by atoms with van der Waals surface area (Å²) in [6.07, 6.45) is 3.93. The molecule has 2 heterocycles. The second kappa shape index (κ2) is 6.14. The van der Waals surface area contributed by atoms with E-state index in [1.807, 2.05) is 37.1 Å². The summed E-state index contributed by atoms with van der Waals surface area (Å²) in [6.45, 7) is 2.54. The molecule has 5 heteroatoms. The van der Waals surface area contributed by atoms with E-state index in [9.17, 15) is 9.90 Å². The van der Waals surface area contributed by atoms with Crippen LogP contribution in [-0.4, -0.2) is 34.6 Å². The number of aryl methyl sites for hydroxylation is 1. The molecule has 0 aliphatic carbocycles. The maximum absolute atomic E-state index is 11.2. The molecule has 0 saturated carbocycles. The Labute approximate surface area is 117 Å². The first kappa shape index (κ1) is 14.0. The molecular formula is C15H17N3O2. The SMILES string of the molecule is Cc1cc(N(C)CCc2ccccn2)c(C(=O)O)cn1. The van der Waals surface area contributed by atoms with Crippen LogP contribution in [0.2, 0.25) is 0 Å². The molecule has 20 heavy (non-hydrogen) atoms. The third-order valence-corrected chi connectivity index (χ3v) is 3.09. The monoisotopic (exact) mass is 271 g/mol. The van der Waals surface area contributed by atoms with Gasteiger partial charge in [0.05, 0.1) is 5.69 Å². The van der Waals surface area contributed by atoms with Crippen LogP contribution < -0.4 is 4.90 Å². The number of likely N-dealkylation sites (N-methyl/N-ethyl adjacent to an activating group) is 1. The Morgan fingerprint density at radius 3 is 2.80 bits per heavy atom. The number of carboxylic acids is 1. The highest BCUT2D eigenvalue weighted by Crippen LogP contribution is 2.20. The molecule has 2 aromatic heterocycles. The van der Waals surface area contributed by atoms with Crippen molar-refractivity contribution in [3.05, 3.63) is 53.6 Å². The lowest BCUT2D eigenvalue weighted by atomic mass is 10.2. The summed E-state index contributed by atoms with van der Waals surface area (Å²) < 4.78 is 0. The van der Waals surface area contributed by atoms with Gasteiger partial charge in [-0.3, -0.25) is 9.97 Å². The summed E-state index contributed by atoms with van der Waals surface area (Å²) in [4.78, 5) is 21.5. The van der Waals surface area contributed by atoms with Crippen molar-refractivity contribution in [2.24, 2.45) is 0 Å². The first-order valence-corrected chi connectivity index (χ1v) is 6.39. The van der Waals surface area contributed by atoms with Crippen molar-refractivity contribution in [1.29, 1.82) is 0 Å². The second-order valence-electron chi connectivity index (χ2n) is 4.64. The zero-order valence-electron chi connectivity index (χ0n) is 11.6. The molecule has 0 fully saturated rings. The highest BCUT2D eigenvalue weighted by atomic mass is 16.4. The van der Waals surface area contributed by atoms with Crippen LogP contribution in [0.4, 0.5) is 5.69 Å². The fourth-order valence-corrected chi connectivity index (χ4v) is 1.97. The first-order chi connectivity index (χ1) is 9.58. The van der Waals surface area contributed by atoms with E-state index in [1.54, 1.807) is 12.3 Å². The molecule has 0 amide bonds. The Hall–Kier alpha value is -2.43. The van der Waals surface area contributed by atoms with Gasteiger partial charge in [0.1, 0.15) is 5.56 Å². The summed E-state index contributed by atoms with van der Waals surface area (Å²) in [7, 11) is 1.88. The number of hydrogen-bond acceptors (Lipinski definition) is 4. The minimum absolute atomic E-state index is 0.221. The molecule has 0 aromatic carbocycles. The van der Waals surface area contributed by atoms with Crippen LogP contribution in [0.25, 0.3) is 0 Å². The highest BCUT2D eigenvalue weighted by Gasteiger charge is 2.14. The van der Waals surface area contributed by atoms with Gasteiger partial charge >= 0.3 is 5.97 Å². The van der Waals surface area contributed by atoms with Crippen molar-refractivity contribution < 1.29 is 9.90 Å². The average molecular weight is 271 g/mol. The minimum atomic E-state index is -0.961. The molecule has 1 N–H and O–H groups in total. The van der Waals surface area contributed by atoms with E-state index >= 15 is 0 Å². The molecule has 2 rings (SSSR count). The summed E-state index contributed by atoms with van der Waals surface area (Å²) in [6, 6.07) is 7.58. The first-order valence-electron chi connectivity index (χ1n) is 6.39. The smallest absolute Gasteiger partial charge is 0.339 e. The van der Waals surface area contributed by atoms with Gasteiger partial charge in [-0.25, -0.2) is 4.79 Å². The van der Waals surface area contributed by atoms with Gasteiger partial charge in [0.25, 0.3) is 0 Å². The van der Waals surface area contributed by atoms with E-state index in [1.165, 1.54) is 6.20 Å². The standard InChI is InChI=1S/C15H17N3O2/c1-11-9-14(13(10-17-11)15(19)20)18(2)8-6-12-5-3-4-7-16-12/h3-5,7,9-10H,6,8H2,1-2H3,(H,19,20). The van der Waals surface area contributed by atoms with Crippen LogP contribution >= 0.6 is 0 Å². The maximum atomic E-state index is 11.2. The van der Waals surface area contributed by atoms with Gasteiger partial charge in [-0.15, -0.1) is 0 Å². The fraction of sp³-hybridized carbons (Fsp3) is 0.267. The van der Waals surface area contributed by atoms with E-state index in [0.29, 0.717) is 12.2 Å². The molecule has 0 saturated heterocycles. The zero-order valence-corrected chi connectivity index (χ0v) is 11.6. The number of aromatic carboxylic acids is 1. The Balaban J connectivity index is 2.14. The zero-order chi connectivity index (χ0) is 14.5. The predicted octanol–water partition coefficient (Wildman–Crippen LogP) is 2.16. The molecule has 0 spiro atoms. The number of anilines is 1. The molecule has 0 radical (unpaired) electrons. The fourth-order valence-electron chi connectivity index (χ4n) is 1.97. The van der Waals surface area contributed by atoms with E-state index < -0.39 is 5.97 Å². The molecule has 104 valence electrons. The van der Waals surface area contributed by atoms with E-state index in [2.05, 4.69) is 9.97 Å². The van der Waals surface area contributed by atoms with E-state index in [-0.39, 0.29) is 5.56 Å². The molecule has 0 aliphatic rings. The molecule has 0 unspecified atom stereocenters. The van der Waals surface area contributed by atoms with Crippen LogP contribution in [0.1, 0.15) is 21.7 Å². The van der Waals surface area contributed by atoms with Crippen molar-refractivity contribution in [2.45, 2.75) is 13.3 Å². The highest BCUT2D eigenvalue weighted by molar-refractivity contribution is 5.94. The summed E-state index contributed by atoms with van der Waals surface area (Å²) >= 11 is 0. The Bertz CT molecular complexity index is 599. The van der Waals surface area contributed by atoms with Crippen LogP contribution in [0, 0.1) is 6.92 Å². The van der Waals surface area contributed by atoms with Gasteiger partial charge < -0.3 is 10.0 Å². The van der Waals surface area contributed by atoms with Gasteiger partial charge in [-0.1, -0.05) is 6.07 Å². The van der Waals surface area contributed by atoms with Crippen molar-refractivity contribution in [1.82, 2.24) is 9.97 Å². The summed E-state index contributed by atoms with van der Waals surface area (Å²) in [5.41, 5.74) is 2.69. The topological polar surface area (TPSA) is 66.3 Å². The minimum Gasteiger partial charge on any atom is -0.478 e. The molecule has 5 nitrogen and oxygen atoms in total. The van der Waals surface area contributed by atoms with Crippen molar-refractivity contribution in [3.8, 4) is 0 Å². The van der Waals surface area contributed by atoms with E-state index in [0.717, 1.165) is 17.8 Å². The molecule has 2 aromatic rings. The van der Waals surface area contributed by atoms with Gasteiger partial charge in [0, 0.05) is 43.8 Å². The van der Waals surface area contributed by atoms with Crippen molar-refractivity contribution in [3.63, 3.8) is 0 Å². The lowest BCUT2D eigenvalue weighted by molar-refractivity contribution is 0.0697. The normalized spacial score (nSPS) is 10.3. The van der Waals surface area contributed by atoms with Crippen LogP contribution in [-0.2, 0) is 6.42 Å². The average Bonchev–Trinajstić information content (AvgIpc) is 2.45. The summed E-state index contributed by atoms with van der Waals surface area (Å²) in [5.74, 6) is -0.961. The maximum Gasteiger partial charge on any atom is 0.339 e. The van der Waals surface area contributed by atoms with Crippen molar-refractivity contribution >= 4 is 11.7 Å². The third-order valence-electron chi connectivity index (χ3n) is 3.09. The number of nitrogens with zero attached hydrogens (tertiary/aromatic N) is 3. The van der Waals surface area contributed by atoms with Gasteiger partial charge in [-0.2, -0.15) is 0 Å². The van der Waals surface area contributed by atoms with Gasteiger partial charge in [-0.05, 0) is 25.1 Å². The third kappa shape index (κ3) is 3.32. The molecule has 0 aliphatic heterocycles. The van der Waals surface area contributed by atoms with E-state index in [4.69, 9.17) is 0 Å². The number of carboxylic acid groups (broad SMARTS) is 1. The quantitative estimate of drug-likeness (QED) is 0.902. The number of aromatic nitrogens is 2. The Morgan fingerprint density at radius 2 is 2.15 bits per heavy atom. The van der Waals surface area contributed by atoms with Crippen molar-refractivity contribution in [2.75, 3.05) is 18.5 Å². The number of hydrogen-bond donors (Lipinski definition) is 1. The van der Waals surface area contributed by atoms with Gasteiger partial charge in [0.2, 0.25) is 0 Å². The number of pyridine rings is 2. The second-order valence-corrected chi connectivity index (χ2v) is 4.64. The predicted molar refractivity (Wildman–Crippen MR) is 77.1 cm³/mol. The van der Waals surface area contributed by atoms with Crippen LogP contribution in [0.3, 0.4) is 0 Å². The number of carbonyl (C=O) groups is 1. The van der Waals surface area contributed by atoms with Gasteiger partial charge in [0.15, 0.2) is 0 Å². The largest absolute Gasteiger partial charge is 0.478 e. The lowest BCUT2D eigenvalue weighted by Gasteiger charge is -2.21. The number of rotatable bonds is 5. The molecular weight excluding hydrogens is 254 g/mol. The molecule has 0 atom stereocenters. The lowest BCUT2D eigenvalue weighted by Crippen LogP contribution is -2.23. The van der Waals surface area contributed by atoms with Crippen LogP contribution in [0.5, 0.6) is 0 Å². The van der Waals surface area contributed by atoms with Crippen LogP contribution in [0.15, 0.2) is 36.7 Å².